The first-order valence-electron chi connectivity index (χ1n) is 4.70. The summed E-state index contributed by atoms with van der Waals surface area (Å²) >= 11 is 1.81. The number of thioether (sulfide) groups is 1. The number of hydrogen-bond acceptors (Lipinski definition) is 2. The van der Waals surface area contributed by atoms with Crippen LogP contribution in [-0.2, 0) is 6.42 Å². The average molecular weight is 203 g/mol. The summed E-state index contributed by atoms with van der Waals surface area (Å²) in [5.74, 6) is 0. The van der Waals surface area contributed by atoms with Gasteiger partial charge in [-0.3, -0.25) is 4.99 Å². The number of benzene rings is 1. The van der Waals surface area contributed by atoms with E-state index in [1.54, 1.807) is 0 Å². The summed E-state index contributed by atoms with van der Waals surface area (Å²) in [5.41, 5.74) is 2.82. The molecule has 0 saturated carbocycles. The van der Waals surface area contributed by atoms with Crippen molar-refractivity contribution in [2.75, 3.05) is 12.8 Å². The maximum atomic E-state index is 4.19. The molecule has 0 N–H and O–H groups in total. The minimum absolute atomic E-state index is 0.878. The van der Waals surface area contributed by atoms with Gasteiger partial charge in [0.15, 0.2) is 0 Å². The van der Waals surface area contributed by atoms with Gasteiger partial charge in [-0.1, -0.05) is 18.2 Å². The van der Waals surface area contributed by atoms with Gasteiger partial charge in [0.2, 0.25) is 0 Å². The van der Waals surface area contributed by atoms with Gasteiger partial charge >= 0.3 is 0 Å². The van der Waals surface area contributed by atoms with E-state index in [0.29, 0.717) is 0 Å². The van der Waals surface area contributed by atoms with Crippen LogP contribution in [-0.4, -0.2) is 19.0 Å². The van der Waals surface area contributed by atoms with Crippen molar-refractivity contribution in [1.82, 2.24) is 0 Å². The van der Waals surface area contributed by atoms with E-state index in [1.807, 2.05) is 18.0 Å². The molecule has 1 heterocycles. The van der Waals surface area contributed by atoms with E-state index in [0.717, 1.165) is 13.0 Å². The summed E-state index contributed by atoms with van der Waals surface area (Å²) < 4.78 is 0. The lowest BCUT2D eigenvalue weighted by Crippen LogP contribution is -1.93. The number of rotatable bonds is 3. The van der Waals surface area contributed by atoms with E-state index in [4.69, 9.17) is 0 Å². The lowest BCUT2D eigenvalue weighted by Gasteiger charge is -2.06. The van der Waals surface area contributed by atoms with E-state index in [9.17, 15) is 0 Å². The topological polar surface area (TPSA) is 12.4 Å². The smallest absolute Gasteiger partial charge is 0.0606 e. The van der Waals surface area contributed by atoms with Crippen molar-refractivity contribution < 1.29 is 0 Å². The third-order valence-corrected chi connectivity index (χ3v) is 3.16. The number of nitrogens with zero attached hydrogens (tertiary/aromatic N) is 1. The van der Waals surface area contributed by atoms with Crippen LogP contribution in [0.1, 0.15) is 5.56 Å². The van der Waals surface area contributed by atoms with Crippen LogP contribution in [0.25, 0.3) is 0 Å². The Balaban J connectivity index is 2.15. The molecule has 1 aliphatic rings. The highest BCUT2D eigenvalue weighted by atomic mass is 32.2. The lowest BCUT2D eigenvalue weighted by molar-refractivity contribution is 1.04. The molecule has 2 heteroatoms. The summed E-state index contributed by atoms with van der Waals surface area (Å²) in [6.45, 7) is 0.878. The maximum Gasteiger partial charge on any atom is 0.0606 e. The Bertz CT molecular complexity index is 380. The van der Waals surface area contributed by atoms with Gasteiger partial charge in [0.1, 0.15) is 0 Å². The predicted molar refractivity (Wildman–Crippen MR) is 63.4 cm³/mol. The Labute approximate surface area is 88.9 Å². The van der Waals surface area contributed by atoms with Crippen LogP contribution < -0.4 is 0 Å². The zero-order valence-corrected chi connectivity index (χ0v) is 9.05. The van der Waals surface area contributed by atoms with Gasteiger partial charge in [-0.05, 0) is 36.0 Å². The monoisotopic (exact) mass is 203 g/mol. The summed E-state index contributed by atoms with van der Waals surface area (Å²) in [7, 11) is 0. The van der Waals surface area contributed by atoms with Crippen LogP contribution in [0.2, 0.25) is 0 Å². The van der Waals surface area contributed by atoms with Crippen LogP contribution >= 0.6 is 11.8 Å². The molecule has 0 fully saturated rings. The zero-order valence-electron chi connectivity index (χ0n) is 8.23. The molecule has 1 aliphatic heterocycles. The highest BCUT2D eigenvalue weighted by Gasteiger charge is 2.05. The van der Waals surface area contributed by atoms with Gasteiger partial charge < -0.3 is 0 Å². The molecule has 2 rings (SSSR count). The van der Waals surface area contributed by atoms with Crippen LogP contribution in [0.4, 0.5) is 0 Å². The van der Waals surface area contributed by atoms with E-state index in [2.05, 4.69) is 41.6 Å². The number of aliphatic imine (C=N–C) groups is 1. The molecule has 1 nitrogen and oxygen atoms in total. The van der Waals surface area contributed by atoms with Crippen LogP contribution in [0.15, 0.2) is 45.8 Å². The molecular formula is C12H13NS. The Morgan fingerprint density at radius 3 is 2.93 bits per heavy atom. The Morgan fingerprint density at radius 2 is 2.21 bits per heavy atom. The molecule has 0 amide bonds. The zero-order chi connectivity index (χ0) is 9.80. The molecule has 0 unspecified atom stereocenters. The van der Waals surface area contributed by atoms with E-state index < -0.39 is 0 Å². The lowest BCUT2D eigenvalue weighted by atomic mass is 10.1. The normalized spacial score (nSPS) is 14.5. The summed E-state index contributed by atoms with van der Waals surface area (Å²) in [6.07, 6.45) is 7.18. The maximum absolute atomic E-state index is 4.19. The van der Waals surface area contributed by atoms with E-state index in [1.165, 1.54) is 16.0 Å². The highest BCUT2D eigenvalue weighted by Crippen LogP contribution is 2.22. The van der Waals surface area contributed by atoms with Crippen LogP contribution in [0.5, 0.6) is 0 Å². The molecule has 14 heavy (non-hydrogen) atoms. The molecule has 0 spiro atoms. The number of hydrogen-bond donors (Lipinski definition) is 0. The van der Waals surface area contributed by atoms with Gasteiger partial charge in [0, 0.05) is 11.1 Å². The fourth-order valence-electron chi connectivity index (χ4n) is 1.59. The van der Waals surface area contributed by atoms with Gasteiger partial charge in [0.25, 0.3) is 0 Å². The second-order valence-corrected chi connectivity index (χ2v) is 4.15. The average Bonchev–Trinajstić information content (AvgIpc) is 2.71. The summed E-state index contributed by atoms with van der Waals surface area (Å²) in [5, 5.41) is 0. The predicted octanol–water partition coefficient (Wildman–Crippen LogP) is 2.96. The molecule has 0 saturated heterocycles. The highest BCUT2D eigenvalue weighted by molar-refractivity contribution is 7.98. The van der Waals surface area contributed by atoms with Crippen molar-refractivity contribution >= 4 is 18.0 Å². The van der Waals surface area contributed by atoms with Crippen LogP contribution in [0.3, 0.4) is 0 Å². The largest absolute Gasteiger partial charge is 0.289 e. The first kappa shape index (κ1) is 9.53. The molecule has 0 radical (unpaired) electrons. The fraction of sp³-hybridized carbons (Fsp3) is 0.250. The first-order chi connectivity index (χ1) is 6.90. The van der Waals surface area contributed by atoms with Crippen LogP contribution in [0, 0.1) is 0 Å². The Kier molecular flexibility index (Phi) is 3.04. The minimum Gasteiger partial charge on any atom is -0.289 e. The van der Waals surface area contributed by atoms with Crippen molar-refractivity contribution in [1.29, 1.82) is 0 Å². The standard InChI is InChI=1S/C12H13NS/c1-14-12-5-3-2-4-11(12)8-10-6-7-13-9-10/h2-7H,8-9H2,1H3. The van der Waals surface area contributed by atoms with Crippen molar-refractivity contribution in [2.45, 2.75) is 11.3 Å². The molecule has 1 aromatic carbocycles. The molecule has 0 atom stereocenters. The van der Waals surface area contributed by atoms with Gasteiger partial charge in [0.05, 0.1) is 6.54 Å². The van der Waals surface area contributed by atoms with E-state index >= 15 is 0 Å². The molecule has 0 aromatic heterocycles. The first-order valence-corrected chi connectivity index (χ1v) is 5.92. The third kappa shape index (κ3) is 2.07. The summed E-state index contributed by atoms with van der Waals surface area (Å²) in [4.78, 5) is 5.57. The van der Waals surface area contributed by atoms with E-state index in [-0.39, 0.29) is 0 Å². The van der Waals surface area contributed by atoms with Crippen molar-refractivity contribution in [3.63, 3.8) is 0 Å². The molecule has 0 bridgehead atoms. The molecule has 72 valence electrons. The number of allylic oxidation sites excluding steroid dienone is 1. The van der Waals surface area contributed by atoms with Gasteiger partial charge in [-0.25, -0.2) is 0 Å². The van der Waals surface area contributed by atoms with Gasteiger partial charge in [-0.2, -0.15) is 0 Å². The second kappa shape index (κ2) is 4.47. The second-order valence-electron chi connectivity index (χ2n) is 3.30. The third-order valence-electron chi connectivity index (χ3n) is 2.32. The van der Waals surface area contributed by atoms with Crippen molar-refractivity contribution in [3.05, 3.63) is 41.5 Å². The quantitative estimate of drug-likeness (QED) is 0.688. The Morgan fingerprint density at radius 1 is 1.36 bits per heavy atom. The summed E-state index contributed by atoms with van der Waals surface area (Å²) in [6, 6.07) is 8.57. The fourth-order valence-corrected chi connectivity index (χ4v) is 2.21. The van der Waals surface area contributed by atoms with Crippen molar-refractivity contribution in [2.24, 2.45) is 4.99 Å². The molecular weight excluding hydrogens is 190 g/mol. The van der Waals surface area contributed by atoms with Gasteiger partial charge in [-0.15, -0.1) is 11.8 Å². The molecule has 1 aromatic rings. The molecule has 0 aliphatic carbocycles. The van der Waals surface area contributed by atoms with Crippen molar-refractivity contribution in [3.8, 4) is 0 Å². The Hall–Kier alpha value is -1.02. The minimum atomic E-state index is 0.878. The SMILES string of the molecule is CSc1ccccc1CC1=CC=NC1.